The SMILES string of the molecule is CCCCCCCCC(CCCCCCCC)OC(=O)CCCCCCCN(CCCCCCCC)CCN(C=O)C(=O)c1ccccc1C. The first kappa shape index (κ1) is 45.8. The lowest BCUT2D eigenvalue weighted by atomic mass is 10.0. The predicted octanol–water partition coefficient (Wildman–Crippen LogP) is 12.0. The highest BCUT2D eigenvalue weighted by atomic mass is 16.5. The number of nitrogens with zero attached hydrogens (tertiary/aromatic N) is 2. The molecule has 50 heavy (non-hydrogen) atoms. The number of benzene rings is 1. The Balaban J connectivity index is 2.45. The Labute approximate surface area is 308 Å². The number of hydrogen-bond donors (Lipinski definition) is 0. The van der Waals surface area contributed by atoms with Crippen molar-refractivity contribution < 1.29 is 19.1 Å². The molecule has 0 aromatic heterocycles. The standard InChI is InChI=1S/C44H78N2O4/c1-5-8-11-14-18-23-31-41(32-24-19-15-12-9-6-2)50-43(48)34-25-20-17-22-29-36-45(35-28-21-16-13-10-7-3)37-38-46(39-47)44(49)42-33-27-26-30-40(42)4/h26-27,30,33,39,41H,5-25,28-29,31-32,34-38H2,1-4H3. The van der Waals surface area contributed by atoms with E-state index in [-0.39, 0.29) is 18.0 Å². The third-order valence-electron chi connectivity index (χ3n) is 10.2. The molecule has 0 aliphatic heterocycles. The molecule has 0 saturated heterocycles. The van der Waals surface area contributed by atoms with Gasteiger partial charge in [0.05, 0.1) is 0 Å². The summed E-state index contributed by atoms with van der Waals surface area (Å²) in [7, 11) is 0. The van der Waals surface area contributed by atoms with Crippen molar-refractivity contribution in [2.75, 3.05) is 26.2 Å². The number of carbonyl (C=O) groups excluding carboxylic acids is 3. The molecule has 0 spiro atoms. The van der Waals surface area contributed by atoms with Crippen LogP contribution in [0.25, 0.3) is 0 Å². The summed E-state index contributed by atoms with van der Waals surface area (Å²) < 4.78 is 6.04. The van der Waals surface area contributed by atoms with Crippen molar-refractivity contribution in [2.45, 2.75) is 201 Å². The lowest BCUT2D eigenvalue weighted by Gasteiger charge is -2.25. The summed E-state index contributed by atoms with van der Waals surface area (Å²) in [5.41, 5.74) is 1.49. The van der Waals surface area contributed by atoms with Crippen LogP contribution in [-0.4, -0.2) is 60.4 Å². The molecule has 0 radical (unpaired) electrons. The summed E-state index contributed by atoms with van der Waals surface area (Å²) in [4.78, 5) is 41.5. The van der Waals surface area contributed by atoms with Crippen molar-refractivity contribution >= 4 is 18.3 Å². The topological polar surface area (TPSA) is 66.9 Å². The fraction of sp³-hybridized carbons (Fsp3) is 0.795. The number of carbonyl (C=O) groups is 3. The zero-order valence-corrected chi connectivity index (χ0v) is 33.2. The maximum absolute atomic E-state index is 13.1. The molecule has 288 valence electrons. The third-order valence-corrected chi connectivity index (χ3v) is 10.2. The van der Waals surface area contributed by atoms with E-state index in [0.29, 0.717) is 31.5 Å². The molecule has 1 aromatic rings. The van der Waals surface area contributed by atoms with Crippen molar-refractivity contribution in [3.63, 3.8) is 0 Å². The van der Waals surface area contributed by atoms with Gasteiger partial charge in [-0.25, -0.2) is 0 Å². The second-order valence-corrected chi connectivity index (χ2v) is 14.8. The minimum atomic E-state index is -0.215. The smallest absolute Gasteiger partial charge is 0.306 e. The molecule has 0 bridgehead atoms. The van der Waals surface area contributed by atoms with Crippen molar-refractivity contribution in [2.24, 2.45) is 0 Å². The van der Waals surface area contributed by atoms with Gasteiger partial charge in [0.15, 0.2) is 0 Å². The Bertz CT molecular complexity index is 951. The van der Waals surface area contributed by atoms with E-state index in [1.807, 2.05) is 25.1 Å². The van der Waals surface area contributed by atoms with E-state index in [1.54, 1.807) is 6.07 Å². The first-order valence-corrected chi connectivity index (χ1v) is 21.2. The van der Waals surface area contributed by atoms with E-state index in [2.05, 4.69) is 25.7 Å². The lowest BCUT2D eigenvalue weighted by Crippen LogP contribution is -2.39. The van der Waals surface area contributed by atoms with Crippen LogP contribution in [0.2, 0.25) is 0 Å². The van der Waals surface area contributed by atoms with E-state index in [1.165, 1.54) is 114 Å². The zero-order valence-electron chi connectivity index (χ0n) is 33.2. The lowest BCUT2D eigenvalue weighted by molar-refractivity contribution is -0.150. The van der Waals surface area contributed by atoms with Gasteiger partial charge in [-0.2, -0.15) is 0 Å². The highest BCUT2D eigenvalue weighted by Gasteiger charge is 2.18. The average molecular weight is 699 g/mol. The Hall–Kier alpha value is -2.21. The van der Waals surface area contributed by atoms with Crippen molar-refractivity contribution in [1.82, 2.24) is 9.80 Å². The van der Waals surface area contributed by atoms with Gasteiger partial charge >= 0.3 is 5.97 Å². The van der Waals surface area contributed by atoms with Crippen LogP contribution in [0.15, 0.2) is 24.3 Å². The van der Waals surface area contributed by atoms with Crippen LogP contribution in [-0.2, 0) is 14.3 Å². The first-order chi connectivity index (χ1) is 24.5. The van der Waals surface area contributed by atoms with Crippen LogP contribution in [0.5, 0.6) is 0 Å². The number of hydrogen-bond acceptors (Lipinski definition) is 5. The van der Waals surface area contributed by atoms with Crippen LogP contribution in [0.1, 0.15) is 204 Å². The molecule has 0 aliphatic carbocycles. The quantitative estimate of drug-likeness (QED) is 0.0401. The van der Waals surface area contributed by atoms with Crippen molar-refractivity contribution in [3.05, 3.63) is 35.4 Å². The van der Waals surface area contributed by atoms with Crippen LogP contribution >= 0.6 is 0 Å². The number of rotatable bonds is 35. The van der Waals surface area contributed by atoms with Gasteiger partial charge in [-0.15, -0.1) is 0 Å². The van der Waals surface area contributed by atoms with Gasteiger partial charge in [0, 0.05) is 25.1 Å². The summed E-state index contributed by atoms with van der Waals surface area (Å²) in [5, 5.41) is 0. The van der Waals surface area contributed by atoms with Gasteiger partial charge in [-0.3, -0.25) is 19.3 Å². The fourth-order valence-corrected chi connectivity index (χ4v) is 6.82. The predicted molar refractivity (Wildman–Crippen MR) is 212 cm³/mol. The second-order valence-electron chi connectivity index (χ2n) is 14.8. The molecule has 0 fully saturated rings. The largest absolute Gasteiger partial charge is 0.462 e. The normalized spacial score (nSPS) is 11.4. The van der Waals surface area contributed by atoms with Crippen LogP contribution in [0.3, 0.4) is 0 Å². The summed E-state index contributed by atoms with van der Waals surface area (Å²) in [6.07, 6.45) is 31.4. The van der Waals surface area contributed by atoms with E-state index in [9.17, 15) is 14.4 Å². The number of imide groups is 1. The van der Waals surface area contributed by atoms with Crippen LogP contribution in [0.4, 0.5) is 0 Å². The van der Waals surface area contributed by atoms with E-state index < -0.39 is 0 Å². The average Bonchev–Trinajstić information content (AvgIpc) is 3.11. The molecule has 6 nitrogen and oxygen atoms in total. The third kappa shape index (κ3) is 24.1. The van der Waals surface area contributed by atoms with Gasteiger partial charge < -0.3 is 9.64 Å². The van der Waals surface area contributed by atoms with Gasteiger partial charge in [0.2, 0.25) is 6.41 Å². The summed E-state index contributed by atoms with van der Waals surface area (Å²) in [5.74, 6) is -0.218. The second kappa shape index (κ2) is 32.7. The molecule has 0 N–H and O–H groups in total. The maximum atomic E-state index is 13.1. The fourth-order valence-electron chi connectivity index (χ4n) is 6.82. The number of amides is 2. The molecular weight excluding hydrogens is 620 g/mol. The zero-order chi connectivity index (χ0) is 36.5. The van der Waals surface area contributed by atoms with Crippen molar-refractivity contribution in [1.29, 1.82) is 0 Å². The first-order valence-electron chi connectivity index (χ1n) is 21.2. The molecule has 6 heteroatoms. The number of ether oxygens (including phenoxy) is 1. The molecule has 0 unspecified atom stereocenters. The maximum Gasteiger partial charge on any atom is 0.306 e. The molecule has 1 rings (SSSR count). The minimum Gasteiger partial charge on any atom is -0.462 e. The number of esters is 1. The molecular formula is C44H78N2O4. The van der Waals surface area contributed by atoms with E-state index in [0.717, 1.165) is 70.0 Å². The van der Waals surface area contributed by atoms with E-state index in [4.69, 9.17) is 4.74 Å². The summed E-state index contributed by atoms with van der Waals surface area (Å²) in [6.45, 7) is 11.8. The summed E-state index contributed by atoms with van der Waals surface area (Å²) in [6, 6.07) is 7.47. The summed E-state index contributed by atoms with van der Waals surface area (Å²) >= 11 is 0. The van der Waals surface area contributed by atoms with Crippen LogP contribution < -0.4 is 0 Å². The Kier molecular flexibility index (Phi) is 29.9. The van der Waals surface area contributed by atoms with Gasteiger partial charge in [0.1, 0.15) is 6.10 Å². The Morgan fingerprint density at radius 1 is 0.600 bits per heavy atom. The molecule has 0 aliphatic rings. The van der Waals surface area contributed by atoms with Gasteiger partial charge in [-0.05, 0) is 76.6 Å². The molecule has 1 aromatic carbocycles. The van der Waals surface area contributed by atoms with Crippen molar-refractivity contribution in [3.8, 4) is 0 Å². The highest BCUT2D eigenvalue weighted by Crippen LogP contribution is 2.19. The molecule has 2 amide bonds. The van der Waals surface area contributed by atoms with E-state index >= 15 is 0 Å². The Morgan fingerprint density at radius 3 is 1.56 bits per heavy atom. The van der Waals surface area contributed by atoms with Gasteiger partial charge in [-0.1, -0.05) is 155 Å². The minimum absolute atomic E-state index is 0.00273. The monoisotopic (exact) mass is 699 g/mol. The molecule has 0 atom stereocenters. The van der Waals surface area contributed by atoms with Crippen LogP contribution in [0, 0.1) is 6.92 Å². The molecule has 0 heterocycles. The van der Waals surface area contributed by atoms with Gasteiger partial charge in [0.25, 0.3) is 5.91 Å². The number of aryl methyl sites for hydroxylation is 1. The highest BCUT2D eigenvalue weighted by molar-refractivity contribution is 6.00. The molecule has 0 saturated carbocycles. The Morgan fingerprint density at radius 2 is 1.06 bits per heavy atom. The number of unbranched alkanes of at least 4 members (excludes halogenated alkanes) is 19.